The Kier molecular flexibility index (Phi) is 8.33. The highest BCUT2D eigenvalue weighted by Crippen LogP contribution is 2.37. The van der Waals surface area contributed by atoms with Crippen LogP contribution < -0.4 is 9.30 Å². The van der Waals surface area contributed by atoms with Gasteiger partial charge in [-0.2, -0.15) is 0 Å². The zero-order chi connectivity index (χ0) is 37.1. The minimum absolute atomic E-state index is 0.0467. The van der Waals surface area contributed by atoms with E-state index in [1.807, 2.05) is 18.3 Å². The lowest BCUT2D eigenvalue weighted by Gasteiger charge is -2.23. The van der Waals surface area contributed by atoms with Crippen LogP contribution in [0.3, 0.4) is 0 Å². The minimum Gasteiger partial charge on any atom is -0.458 e. The Morgan fingerprint density at radius 3 is 2.13 bits per heavy atom. The number of fused-ring (bicyclic) bond motifs is 3. The lowest BCUT2D eigenvalue weighted by atomic mass is 9.86. The number of rotatable bonds is 6. The van der Waals surface area contributed by atoms with Crippen molar-refractivity contribution in [3.05, 3.63) is 162 Å². The van der Waals surface area contributed by atoms with Crippen molar-refractivity contribution in [1.82, 2.24) is 14.1 Å². The number of nitrogens with zero attached hydrogens (tertiary/aromatic N) is 4. The van der Waals surface area contributed by atoms with Crippen LogP contribution in [0.2, 0.25) is 0 Å². The molecule has 8 rings (SSSR count). The van der Waals surface area contributed by atoms with Crippen LogP contribution in [0.15, 0.2) is 134 Å². The lowest BCUT2D eigenvalue weighted by molar-refractivity contribution is -0.611. The van der Waals surface area contributed by atoms with Crippen LogP contribution in [0.5, 0.6) is 11.5 Å². The highest BCUT2D eigenvalue weighted by Gasteiger charge is 2.23. The summed E-state index contributed by atoms with van der Waals surface area (Å²) in [6.45, 7) is 17.8. The Morgan fingerprint density at radius 2 is 1.36 bits per heavy atom. The fourth-order valence-electron chi connectivity index (χ4n) is 7.40. The van der Waals surface area contributed by atoms with E-state index in [1.165, 1.54) is 33.3 Å². The Labute approximate surface area is 312 Å². The molecule has 0 fully saturated rings. The van der Waals surface area contributed by atoms with E-state index in [4.69, 9.17) is 9.72 Å². The van der Waals surface area contributed by atoms with Gasteiger partial charge in [0.15, 0.2) is 0 Å². The van der Waals surface area contributed by atoms with E-state index >= 15 is 0 Å². The predicted molar refractivity (Wildman–Crippen MR) is 217 cm³/mol. The molecular weight excluding hydrogens is 649 g/mol. The minimum atomic E-state index is -0.103. The molecule has 0 saturated carbocycles. The molecular formula is C48H46N4O. The first-order chi connectivity index (χ1) is 25.3. The molecule has 0 aliphatic heterocycles. The smallest absolute Gasteiger partial charge is 0.269 e. The van der Waals surface area contributed by atoms with Gasteiger partial charge in [0.25, 0.3) is 6.33 Å². The molecule has 0 unspecified atom stereocenters. The second-order valence-electron chi connectivity index (χ2n) is 16.2. The summed E-state index contributed by atoms with van der Waals surface area (Å²) in [4.78, 5) is 4.90. The molecule has 0 amide bonds. The van der Waals surface area contributed by atoms with Crippen molar-refractivity contribution in [2.45, 2.75) is 66.2 Å². The van der Waals surface area contributed by atoms with Crippen LogP contribution in [0.1, 0.15) is 63.9 Å². The first-order valence-corrected chi connectivity index (χ1v) is 18.4. The molecule has 0 N–H and O–H groups in total. The molecule has 0 saturated heterocycles. The normalized spacial score (nSPS) is 12.2. The van der Waals surface area contributed by atoms with Gasteiger partial charge in [-0.05, 0) is 113 Å². The van der Waals surface area contributed by atoms with E-state index in [9.17, 15) is 0 Å². The van der Waals surface area contributed by atoms with Crippen molar-refractivity contribution in [2.75, 3.05) is 0 Å². The summed E-state index contributed by atoms with van der Waals surface area (Å²) < 4.78 is 13.2. The van der Waals surface area contributed by atoms with Crippen molar-refractivity contribution >= 4 is 21.8 Å². The summed E-state index contributed by atoms with van der Waals surface area (Å²) in [5.41, 5.74) is 11.5. The second-order valence-corrected chi connectivity index (χ2v) is 16.2. The van der Waals surface area contributed by atoms with Crippen molar-refractivity contribution < 1.29 is 9.30 Å². The summed E-state index contributed by atoms with van der Waals surface area (Å²) in [6.07, 6.45) is 7.75. The van der Waals surface area contributed by atoms with Crippen LogP contribution in [0, 0.1) is 20.2 Å². The van der Waals surface area contributed by atoms with Crippen LogP contribution in [-0.4, -0.2) is 14.1 Å². The number of imidazole rings is 1. The number of pyridine rings is 1. The SMILES string of the molecule is Cc1cccc(C)c1-c1ccnc(-n2c3ccccc3c3ccc(Oc4cccc(-n5[c-][n+](-c6cccc(C(C)(C)C)c6)c(C(C)(C)C)c5)c4)cc32)c1. The van der Waals surface area contributed by atoms with E-state index in [1.54, 1.807) is 0 Å². The molecule has 8 aromatic rings. The Bertz CT molecular complexity index is 2620. The van der Waals surface area contributed by atoms with Gasteiger partial charge < -0.3 is 4.74 Å². The third kappa shape index (κ3) is 6.42. The number of ether oxygens (including phenoxy) is 1. The molecule has 5 aromatic carbocycles. The van der Waals surface area contributed by atoms with Gasteiger partial charge in [0.2, 0.25) is 0 Å². The fraction of sp³-hybridized carbons (Fsp3) is 0.208. The van der Waals surface area contributed by atoms with E-state index in [-0.39, 0.29) is 10.8 Å². The molecule has 0 bridgehead atoms. The van der Waals surface area contributed by atoms with Gasteiger partial charge in [-0.3, -0.25) is 13.7 Å². The average molecular weight is 695 g/mol. The number of para-hydroxylation sites is 1. The summed E-state index contributed by atoms with van der Waals surface area (Å²) in [7, 11) is 0. The molecule has 264 valence electrons. The summed E-state index contributed by atoms with van der Waals surface area (Å²) in [5, 5.41) is 2.33. The largest absolute Gasteiger partial charge is 0.458 e. The van der Waals surface area contributed by atoms with Crippen molar-refractivity contribution in [3.63, 3.8) is 0 Å². The summed E-state index contributed by atoms with van der Waals surface area (Å²) >= 11 is 0. The number of aromatic nitrogens is 4. The van der Waals surface area contributed by atoms with Crippen LogP contribution in [0.25, 0.3) is 50.1 Å². The molecule has 0 aliphatic rings. The number of benzene rings is 5. The maximum absolute atomic E-state index is 6.63. The highest BCUT2D eigenvalue weighted by atomic mass is 16.5. The summed E-state index contributed by atoms with van der Waals surface area (Å²) in [6, 6.07) is 42.6. The molecule has 0 spiro atoms. The zero-order valence-corrected chi connectivity index (χ0v) is 31.9. The zero-order valence-electron chi connectivity index (χ0n) is 31.9. The quantitative estimate of drug-likeness (QED) is 0.128. The molecule has 0 radical (unpaired) electrons. The molecule has 53 heavy (non-hydrogen) atoms. The number of hydrogen-bond acceptors (Lipinski definition) is 2. The molecule has 3 heterocycles. The van der Waals surface area contributed by atoms with Gasteiger partial charge in [0.1, 0.15) is 17.3 Å². The molecule has 0 aliphatic carbocycles. The Morgan fingerprint density at radius 1 is 0.642 bits per heavy atom. The van der Waals surface area contributed by atoms with Crippen LogP contribution in [-0.2, 0) is 10.8 Å². The van der Waals surface area contributed by atoms with Crippen LogP contribution >= 0.6 is 0 Å². The van der Waals surface area contributed by atoms with Gasteiger partial charge in [-0.15, -0.1) is 0 Å². The Hall–Kier alpha value is -5.94. The van der Waals surface area contributed by atoms with Crippen molar-refractivity contribution in [3.8, 4) is 39.8 Å². The molecule has 0 atom stereocenters. The van der Waals surface area contributed by atoms with E-state index in [0.29, 0.717) is 0 Å². The van der Waals surface area contributed by atoms with Gasteiger partial charge in [0, 0.05) is 29.2 Å². The Balaban J connectivity index is 1.18. The van der Waals surface area contributed by atoms with Crippen molar-refractivity contribution in [2.24, 2.45) is 0 Å². The molecule has 5 nitrogen and oxygen atoms in total. The van der Waals surface area contributed by atoms with E-state index in [0.717, 1.165) is 50.7 Å². The summed E-state index contributed by atoms with van der Waals surface area (Å²) in [5.74, 6) is 2.38. The van der Waals surface area contributed by atoms with E-state index < -0.39 is 0 Å². The van der Waals surface area contributed by atoms with Crippen molar-refractivity contribution in [1.29, 1.82) is 0 Å². The van der Waals surface area contributed by atoms with E-state index in [2.05, 4.69) is 191 Å². The molecule has 5 heteroatoms. The third-order valence-corrected chi connectivity index (χ3v) is 10.2. The predicted octanol–water partition coefficient (Wildman–Crippen LogP) is 11.7. The maximum atomic E-state index is 6.63. The fourth-order valence-corrected chi connectivity index (χ4v) is 7.40. The first kappa shape index (κ1) is 34.2. The average Bonchev–Trinajstić information content (AvgIpc) is 3.72. The second kappa shape index (κ2) is 12.9. The third-order valence-electron chi connectivity index (χ3n) is 10.2. The van der Waals surface area contributed by atoms with Gasteiger partial charge >= 0.3 is 0 Å². The monoisotopic (exact) mass is 694 g/mol. The number of aryl methyl sites for hydroxylation is 2. The standard InChI is InChI=1S/C48H46N4O/c1-32-14-11-15-33(2)46(32)34-24-25-49-45(26-34)52-42-21-10-9-20-40(42)41-23-22-39(29-43(41)52)53-38-19-13-17-36(28-38)50-30-44(48(6,7)8)51(31-50)37-18-12-16-35(27-37)47(3,4)5/h9-30H,1-8H3. The topological polar surface area (TPSA) is 35.9 Å². The molecule has 3 aromatic heterocycles. The first-order valence-electron chi connectivity index (χ1n) is 18.4. The number of hydrogen-bond donors (Lipinski definition) is 0. The van der Waals surface area contributed by atoms with Crippen LogP contribution in [0.4, 0.5) is 0 Å². The highest BCUT2D eigenvalue weighted by molar-refractivity contribution is 6.09. The maximum Gasteiger partial charge on any atom is 0.269 e. The van der Waals surface area contributed by atoms with Gasteiger partial charge in [0.05, 0.1) is 28.1 Å². The lowest BCUT2D eigenvalue weighted by Crippen LogP contribution is -2.39. The van der Waals surface area contributed by atoms with Gasteiger partial charge in [-0.1, -0.05) is 96.1 Å². The van der Waals surface area contributed by atoms with Gasteiger partial charge in [-0.25, -0.2) is 4.98 Å².